The van der Waals surface area contributed by atoms with E-state index in [0.29, 0.717) is 18.5 Å². The Hall–Kier alpha value is -0.570. The highest BCUT2D eigenvalue weighted by molar-refractivity contribution is 5.76. The number of nitrogens with one attached hydrogen (secondary N) is 1. The molecule has 0 aromatic carbocycles. The maximum Gasteiger partial charge on any atom is 0.222 e. The van der Waals surface area contributed by atoms with Crippen LogP contribution in [0.1, 0.15) is 40.5 Å². The lowest BCUT2D eigenvalue weighted by Gasteiger charge is -2.36. The highest BCUT2D eigenvalue weighted by Crippen LogP contribution is 2.20. The van der Waals surface area contributed by atoms with Crippen LogP contribution in [-0.2, 0) is 4.79 Å². The summed E-state index contributed by atoms with van der Waals surface area (Å²) in [5.74, 6) is 0.275. The normalized spacial score (nSPS) is 25.5. The lowest BCUT2D eigenvalue weighted by molar-refractivity contribution is -0.132. The zero-order valence-corrected chi connectivity index (χ0v) is 10.6. The van der Waals surface area contributed by atoms with Crippen molar-refractivity contribution >= 4 is 5.91 Å². The van der Waals surface area contributed by atoms with Gasteiger partial charge in [0.2, 0.25) is 5.91 Å². The molecule has 0 saturated carbocycles. The summed E-state index contributed by atoms with van der Waals surface area (Å²) in [4.78, 5) is 13.2. The molecule has 2 unspecified atom stereocenters. The Kier molecular flexibility index (Phi) is 3.77. The largest absolute Gasteiger partial charge is 0.344 e. The lowest BCUT2D eigenvalue weighted by Crippen LogP contribution is -2.52. The molecule has 1 amide bonds. The molecule has 1 aliphatic rings. The Labute approximate surface area is 93.2 Å². The standard InChI is InChI=1S/C12H24N2O/c1-9(12(2,3)4)13-10-6-7-11(15)14(5)8-10/h9-10,13H,6-8H2,1-5H3. The minimum atomic E-state index is 0.275. The van der Waals surface area contributed by atoms with Crippen LogP contribution in [0.4, 0.5) is 0 Å². The van der Waals surface area contributed by atoms with E-state index in [9.17, 15) is 4.79 Å². The van der Waals surface area contributed by atoms with Gasteiger partial charge in [-0.15, -0.1) is 0 Å². The van der Waals surface area contributed by atoms with Crippen molar-refractivity contribution in [2.45, 2.75) is 52.6 Å². The number of rotatable bonds is 2. The van der Waals surface area contributed by atoms with Gasteiger partial charge in [-0.2, -0.15) is 0 Å². The average molecular weight is 212 g/mol. The predicted octanol–water partition coefficient (Wildman–Crippen LogP) is 1.63. The highest BCUT2D eigenvalue weighted by atomic mass is 16.2. The Morgan fingerprint density at radius 3 is 2.53 bits per heavy atom. The van der Waals surface area contributed by atoms with Gasteiger partial charge < -0.3 is 10.2 Å². The van der Waals surface area contributed by atoms with Crippen LogP contribution in [0, 0.1) is 5.41 Å². The number of carbonyl (C=O) groups excluding carboxylic acids is 1. The van der Waals surface area contributed by atoms with Crippen LogP contribution in [0.15, 0.2) is 0 Å². The second kappa shape index (κ2) is 4.52. The number of hydrogen-bond donors (Lipinski definition) is 1. The van der Waals surface area contributed by atoms with Crippen molar-refractivity contribution in [1.29, 1.82) is 0 Å². The molecule has 2 atom stereocenters. The number of piperidine rings is 1. The van der Waals surface area contributed by atoms with Gasteiger partial charge in [-0.1, -0.05) is 20.8 Å². The third kappa shape index (κ3) is 3.49. The second-order valence-corrected chi connectivity index (χ2v) is 5.76. The van der Waals surface area contributed by atoms with Crippen molar-refractivity contribution in [2.24, 2.45) is 5.41 Å². The Balaban J connectivity index is 2.43. The topological polar surface area (TPSA) is 32.3 Å². The van der Waals surface area contributed by atoms with Crippen LogP contribution < -0.4 is 5.32 Å². The molecule has 1 aliphatic heterocycles. The van der Waals surface area contributed by atoms with E-state index < -0.39 is 0 Å². The van der Waals surface area contributed by atoms with Gasteiger partial charge in [-0.3, -0.25) is 4.79 Å². The van der Waals surface area contributed by atoms with Crippen molar-refractivity contribution in [3.63, 3.8) is 0 Å². The van der Waals surface area contributed by atoms with E-state index in [4.69, 9.17) is 0 Å². The molecule has 1 fully saturated rings. The third-order valence-corrected chi connectivity index (χ3v) is 3.41. The molecule has 1 N–H and O–H groups in total. The van der Waals surface area contributed by atoms with Crippen LogP contribution in [0.25, 0.3) is 0 Å². The Bertz CT molecular complexity index is 232. The predicted molar refractivity (Wildman–Crippen MR) is 62.7 cm³/mol. The Morgan fingerprint density at radius 2 is 2.07 bits per heavy atom. The SMILES string of the molecule is CC(NC1CCC(=O)N(C)C1)C(C)(C)C. The van der Waals surface area contributed by atoms with Crippen molar-refractivity contribution in [3.8, 4) is 0 Å². The van der Waals surface area contributed by atoms with E-state index in [2.05, 4.69) is 33.0 Å². The first-order valence-corrected chi connectivity index (χ1v) is 5.80. The van der Waals surface area contributed by atoms with Crippen LogP contribution in [0.3, 0.4) is 0 Å². The van der Waals surface area contributed by atoms with E-state index in [1.165, 1.54) is 0 Å². The van der Waals surface area contributed by atoms with Crippen molar-refractivity contribution in [3.05, 3.63) is 0 Å². The van der Waals surface area contributed by atoms with E-state index in [1.54, 1.807) is 0 Å². The molecule has 88 valence electrons. The van der Waals surface area contributed by atoms with Crippen molar-refractivity contribution in [1.82, 2.24) is 10.2 Å². The fourth-order valence-electron chi connectivity index (χ4n) is 1.75. The number of likely N-dealkylation sites (N-methyl/N-ethyl adjacent to an activating group) is 1. The average Bonchev–Trinajstić information content (AvgIpc) is 2.10. The van der Waals surface area contributed by atoms with Crippen molar-refractivity contribution in [2.75, 3.05) is 13.6 Å². The van der Waals surface area contributed by atoms with E-state index in [0.717, 1.165) is 13.0 Å². The van der Waals surface area contributed by atoms with Gasteiger partial charge >= 0.3 is 0 Å². The molecule has 0 spiro atoms. The maximum absolute atomic E-state index is 11.3. The van der Waals surface area contributed by atoms with Gasteiger partial charge in [-0.05, 0) is 18.8 Å². The molecule has 0 aromatic rings. The molecule has 3 heteroatoms. The molecule has 0 aromatic heterocycles. The van der Waals surface area contributed by atoms with E-state index in [-0.39, 0.29) is 11.3 Å². The first-order chi connectivity index (χ1) is 6.80. The zero-order chi connectivity index (χ0) is 11.6. The third-order valence-electron chi connectivity index (χ3n) is 3.41. The minimum absolute atomic E-state index is 0.275. The summed E-state index contributed by atoms with van der Waals surface area (Å²) in [6.45, 7) is 9.78. The highest BCUT2D eigenvalue weighted by Gasteiger charge is 2.27. The zero-order valence-electron chi connectivity index (χ0n) is 10.6. The Morgan fingerprint density at radius 1 is 1.47 bits per heavy atom. The first kappa shape index (κ1) is 12.5. The quantitative estimate of drug-likeness (QED) is 0.754. The van der Waals surface area contributed by atoms with E-state index in [1.807, 2.05) is 11.9 Å². The van der Waals surface area contributed by atoms with Gasteiger partial charge in [0.15, 0.2) is 0 Å². The maximum atomic E-state index is 11.3. The molecule has 15 heavy (non-hydrogen) atoms. The number of amides is 1. The van der Waals surface area contributed by atoms with Gasteiger partial charge in [0.05, 0.1) is 0 Å². The summed E-state index contributed by atoms with van der Waals surface area (Å²) < 4.78 is 0. The molecule has 1 rings (SSSR count). The summed E-state index contributed by atoms with van der Waals surface area (Å²) >= 11 is 0. The molecule has 1 heterocycles. The summed E-state index contributed by atoms with van der Waals surface area (Å²) in [5, 5.41) is 3.62. The molecular formula is C12H24N2O. The van der Waals surface area contributed by atoms with Gasteiger partial charge in [0, 0.05) is 32.1 Å². The molecule has 0 radical (unpaired) electrons. The molecule has 0 bridgehead atoms. The molecule has 1 saturated heterocycles. The summed E-state index contributed by atoms with van der Waals surface area (Å²) in [6.07, 6.45) is 1.66. The fourth-order valence-corrected chi connectivity index (χ4v) is 1.75. The van der Waals surface area contributed by atoms with Gasteiger partial charge in [0.1, 0.15) is 0 Å². The number of hydrogen-bond acceptors (Lipinski definition) is 2. The van der Waals surface area contributed by atoms with Crippen LogP contribution in [0.2, 0.25) is 0 Å². The number of likely N-dealkylation sites (tertiary alicyclic amines) is 1. The monoisotopic (exact) mass is 212 g/mol. The van der Waals surface area contributed by atoms with Crippen LogP contribution >= 0.6 is 0 Å². The summed E-state index contributed by atoms with van der Waals surface area (Å²) in [6, 6.07) is 0.936. The van der Waals surface area contributed by atoms with Crippen molar-refractivity contribution < 1.29 is 4.79 Å². The van der Waals surface area contributed by atoms with E-state index >= 15 is 0 Å². The summed E-state index contributed by atoms with van der Waals surface area (Å²) in [7, 11) is 1.89. The number of nitrogens with zero attached hydrogens (tertiary/aromatic N) is 1. The first-order valence-electron chi connectivity index (χ1n) is 5.80. The minimum Gasteiger partial charge on any atom is -0.344 e. The molecule has 3 nitrogen and oxygen atoms in total. The second-order valence-electron chi connectivity index (χ2n) is 5.76. The smallest absolute Gasteiger partial charge is 0.222 e. The van der Waals surface area contributed by atoms with Crippen LogP contribution in [-0.4, -0.2) is 36.5 Å². The lowest BCUT2D eigenvalue weighted by atomic mass is 9.87. The molecule has 0 aliphatic carbocycles. The number of carbonyl (C=O) groups is 1. The molecular weight excluding hydrogens is 188 g/mol. The summed E-state index contributed by atoms with van der Waals surface area (Å²) in [5.41, 5.74) is 0.278. The van der Waals surface area contributed by atoms with Crippen LogP contribution in [0.5, 0.6) is 0 Å². The van der Waals surface area contributed by atoms with Gasteiger partial charge in [-0.25, -0.2) is 0 Å². The fraction of sp³-hybridized carbons (Fsp3) is 0.917. The van der Waals surface area contributed by atoms with Gasteiger partial charge in [0.25, 0.3) is 0 Å².